The third-order valence-corrected chi connectivity index (χ3v) is 2.57. The molecule has 0 aliphatic heterocycles. The summed E-state index contributed by atoms with van der Waals surface area (Å²) < 4.78 is 77.2. The van der Waals surface area contributed by atoms with Gasteiger partial charge in [-0.15, -0.1) is 0 Å². The molecule has 0 saturated heterocycles. The van der Waals surface area contributed by atoms with Gasteiger partial charge in [0.2, 0.25) is 0 Å². The van der Waals surface area contributed by atoms with Crippen molar-refractivity contribution in [3.63, 3.8) is 0 Å². The average molecular weight is 346 g/mol. The second kappa shape index (κ2) is 7.49. The highest BCUT2D eigenvalue weighted by Crippen LogP contribution is 2.34. The van der Waals surface area contributed by atoms with Crippen LogP contribution >= 0.6 is 0 Å². The number of nitrogens with zero attached hydrogens (tertiary/aromatic N) is 1. The van der Waals surface area contributed by atoms with Gasteiger partial charge in [0.05, 0.1) is 10.5 Å². The Labute approximate surface area is 126 Å². The summed E-state index contributed by atoms with van der Waals surface area (Å²) in [5, 5.41) is 13.3. The fourth-order valence-electron chi connectivity index (χ4n) is 1.59. The van der Waals surface area contributed by atoms with E-state index < -0.39 is 35.1 Å². The van der Waals surface area contributed by atoms with Gasteiger partial charge in [0, 0.05) is 19.2 Å². The molecule has 0 amide bonds. The number of nitrogens with one attached hydrogen (secondary N) is 1. The number of rotatable bonds is 7. The molecule has 0 bridgehead atoms. The van der Waals surface area contributed by atoms with Crippen molar-refractivity contribution >= 4 is 11.4 Å². The molecule has 130 valence electrons. The first kappa shape index (κ1) is 19.0. The van der Waals surface area contributed by atoms with Gasteiger partial charge in [-0.05, 0) is 18.6 Å². The normalized spacial score (nSPS) is 12.3. The molecule has 0 unspecified atom stereocenters. The van der Waals surface area contributed by atoms with Gasteiger partial charge in [0.15, 0.2) is 0 Å². The summed E-state index contributed by atoms with van der Waals surface area (Å²) in [6.45, 7) is -1.65. The topological polar surface area (TPSA) is 64.4 Å². The van der Waals surface area contributed by atoms with Gasteiger partial charge in [-0.1, -0.05) is 0 Å². The zero-order chi connectivity index (χ0) is 17.7. The van der Waals surface area contributed by atoms with E-state index in [1.807, 2.05) is 0 Å². The maximum atomic E-state index is 12.5. The number of nitro benzene ring substituents is 1. The summed E-state index contributed by atoms with van der Waals surface area (Å²) in [4.78, 5) is 9.82. The van der Waals surface area contributed by atoms with Crippen molar-refractivity contribution < 1.29 is 36.0 Å². The number of anilines is 1. The van der Waals surface area contributed by atoms with Crippen molar-refractivity contribution in [2.75, 3.05) is 25.1 Å². The third kappa shape index (κ3) is 6.72. The fourth-order valence-corrected chi connectivity index (χ4v) is 1.59. The summed E-state index contributed by atoms with van der Waals surface area (Å²) >= 11 is 0. The van der Waals surface area contributed by atoms with Crippen molar-refractivity contribution in [1.82, 2.24) is 0 Å². The van der Waals surface area contributed by atoms with E-state index in [-0.39, 0.29) is 25.3 Å². The number of alkyl halides is 6. The average Bonchev–Trinajstić information content (AvgIpc) is 2.40. The predicted octanol–water partition coefficient (Wildman–Crippen LogP) is 3.99. The number of hydrogen-bond donors (Lipinski definition) is 1. The number of ether oxygens (including phenoxy) is 1. The number of benzene rings is 1. The highest BCUT2D eigenvalue weighted by atomic mass is 19.4. The van der Waals surface area contributed by atoms with Crippen molar-refractivity contribution in [3.05, 3.63) is 33.9 Å². The minimum absolute atomic E-state index is 0.00403. The van der Waals surface area contributed by atoms with Crippen LogP contribution in [0.1, 0.15) is 12.0 Å². The number of nitro groups is 1. The Morgan fingerprint density at radius 1 is 1.17 bits per heavy atom. The van der Waals surface area contributed by atoms with Crippen LogP contribution in [-0.4, -0.2) is 30.9 Å². The van der Waals surface area contributed by atoms with E-state index in [4.69, 9.17) is 0 Å². The molecule has 0 aliphatic rings. The van der Waals surface area contributed by atoms with Crippen LogP contribution in [0.15, 0.2) is 18.2 Å². The van der Waals surface area contributed by atoms with Crippen molar-refractivity contribution in [2.24, 2.45) is 0 Å². The maximum absolute atomic E-state index is 12.5. The Balaban J connectivity index is 2.58. The molecular weight excluding hydrogens is 334 g/mol. The summed E-state index contributed by atoms with van der Waals surface area (Å²) in [5.74, 6) is 0. The molecule has 0 spiro atoms. The summed E-state index contributed by atoms with van der Waals surface area (Å²) in [5.41, 5.74) is -2.09. The van der Waals surface area contributed by atoms with Gasteiger partial charge >= 0.3 is 12.4 Å². The van der Waals surface area contributed by atoms with Crippen LogP contribution < -0.4 is 5.32 Å². The van der Waals surface area contributed by atoms with Crippen molar-refractivity contribution in [1.29, 1.82) is 0 Å². The molecule has 0 heterocycles. The molecule has 1 N–H and O–H groups in total. The molecule has 0 saturated carbocycles. The quantitative estimate of drug-likeness (QED) is 0.351. The molecule has 0 fully saturated rings. The van der Waals surface area contributed by atoms with Gasteiger partial charge in [-0.3, -0.25) is 10.1 Å². The van der Waals surface area contributed by atoms with Crippen LogP contribution in [0.5, 0.6) is 0 Å². The summed E-state index contributed by atoms with van der Waals surface area (Å²) in [6.07, 6.45) is -9.07. The zero-order valence-electron chi connectivity index (χ0n) is 11.5. The van der Waals surface area contributed by atoms with Gasteiger partial charge in [-0.25, -0.2) is 0 Å². The largest absolute Gasteiger partial charge is 0.416 e. The predicted molar refractivity (Wildman–Crippen MR) is 68.1 cm³/mol. The second-order valence-corrected chi connectivity index (χ2v) is 4.43. The van der Waals surface area contributed by atoms with Crippen LogP contribution in [0.3, 0.4) is 0 Å². The first-order valence-electron chi connectivity index (χ1n) is 6.25. The Hall–Kier alpha value is -2.04. The first-order chi connectivity index (χ1) is 10.5. The molecule has 5 nitrogen and oxygen atoms in total. The third-order valence-electron chi connectivity index (χ3n) is 2.57. The molecule has 0 atom stereocenters. The lowest BCUT2D eigenvalue weighted by Crippen LogP contribution is -2.18. The highest BCUT2D eigenvalue weighted by molar-refractivity contribution is 5.62. The van der Waals surface area contributed by atoms with E-state index in [9.17, 15) is 36.5 Å². The van der Waals surface area contributed by atoms with Gasteiger partial charge in [0.1, 0.15) is 12.3 Å². The van der Waals surface area contributed by atoms with E-state index in [0.717, 1.165) is 6.07 Å². The van der Waals surface area contributed by atoms with Crippen LogP contribution in [0.4, 0.5) is 37.7 Å². The van der Waals surface area contributed by atoms with E-state index in [1.54, 1.807) is 0 Å². The van der Waals surface area contributed by atoms with Crippen LogP contribution in [0.2, 0.25) is 0 Å². The lowest BCUT2D eigenvalue weighted by Gasteiger charge is -2.11. The molecule has 1 aromatic rings. The molecule has 0 aromatic heterocycles. The number of hydrogen-bond acceptors (Lipinski definition) is 4. The second-order valence-electron chi connectivity index (χ2n) is 4.43. The van der Waals surface area contributed by atoms with E-state index in [0.29, 0.717) is 12.1 Å². The van der Waals surface area contributed by atoms with E-state index in [1.165, 1.54) is 0 Å². The molecule has 23 heavy (non-hydrogen) atoms. The standard InChI is InChI=1S/C12H12F6N2O3/c13-11(14,15)7-23-5-1-4-19-9-3-2-8(12(16,17)18)6-10(9)20(21)22/h2-3,6,19H,1,4-5,7H2. The van der Waals surface area contributed by atoms with Crippen molar-refractivity contribution in [3.8, 4) is 0 Å². The fraction of sp³-hybridized carbons (Fsp3) is 0.500. The van der Waals surface area contributed by atoms with Crippen LogP contribution in [-0.2, 0) is 10.9 Å². The van der Waals surface area contributed by atoms with Gasteiger partial charge in [0.25, 0.3) is 5.69 Å². The highest BCUT2D eigenvalue weighted by Gasteiger charge is 2.33. The molecule has 0 radical (unpaired) electrons. The van der Waals surface area contributed by atoms with Gasteiger partial charge < -0.3 is 10.1 Å². The molecular formula is C12H12F6N2O3. The monoisotopic (exact) mass is 346 g/mol. The lowest BCUT2D eigenvalue weighted by molar-refractivity contribution is -0.384. The number of halogens is 6. The Morgan fingerprint density at radius 3 is 2.35 bits per heavy atom. The van der Waals surface area contributed by atoms with E-state index >= 15 is 0 Å². The molecule has 11 heteroatoms. The van der Waals surface area contributed by atoms with Crippen LogP contribution in [0, 0.1) is 10.1 Å². The molecule has 1 aromatic carbocycles. The van der Waals surface area contributed by atoms with Gasteiger partial charge in [-0.2, -0.15) is 26.3 Å². The Morgan fingerprint density at radius 2 is 1.83 bits per heavy atom. The Kier molecular flexibility index (Phi) is 6.19. The maximum Gasteiger partial charge on any atom is 0.416 e. The first-order valence-corrected chi connectivity index (χ1v) is 6.25. The van der Waals surface area contributed by atoms with Crippen molar-refractivity contribution in [2.45, 2.75) is 18.8 Å². The van der Waals surface area contributed by atoms with Crippen LogP contribution in [0.25, 0.3) is 0 Å². The molecule has 0 aliphatic carbocycles. The minimum Gasteiger partial charge on any atom is -0.379 e. The smallest absolute Gasteiger partial charge is 0.379 e. The zero-order valence-corrected chi connectivity index (χ0v) is 11.5. The minimum atomic E-state index is -4.71. The molecule has 1 rings (SSSR count). The lowest BCUT2D eigenvalue weighted by atomic mass is 10.1. The summed E-state index contributed by atoms with van der Waals surface area (Å²) in [7, 11) is 0. The SMILES string of the molecule is O=[N+]([O-])c1cc(C(F)(F)F)ccc1NCCCOCC(F)(F)F. The van der Waals surface area contributed by atoms with E-state index in [2.05, 4.69) is 10.1 Å². The Bertz CT molecular complexity index is 545. The summed E-state index contributed by atoms with van der Waals surface area (Å²) in [6, 6.07) is 1.97.